The second kappa shape index (κ2) is 8.96. The van der Waals surface area contributed by atoms with Crippen molar-refractivity contribution in [3.05, 3.63) is 92.7 Å². The van der Waals surface area contributed by atoms with Crippen molar-refractivity contribution in [2.75, 3.05) is 6.61 Å². The second-order valence-electron chi connectivity index (χ2n) is 9.19. The lowest BCUT2D eigenvalue weighted by atomic mass is 10.1. The summed E-state index contributed by atoms with van der Waals surface area (Å²) >= 11 is 6.18. The number of rotatable bonds is 4. The number of ether oxygens (including phenoxy) is 2. The fourth-order valence-corrected chi connectivity index (χ4v) is 4.75. The van der Waals surface area contributed by atoms with E-state index in [1.807, 2.05) is 13.8 Å². The number of nitrogens with zero attached hydrogens (tertiary/aromatic N) is 2. The van der Waals surface area contributed by atoms with Crippen molar-refractivity contribution in [1.29, 1.82) is 0 Å². The summed E-state index contributed by atoms with van der Waals surface area (Å²) < 4.78 is 47.5. The molecule has 0 bridgehead atoms. The van der Waals surface area contributed by atoms with Gasteiger partial charge in [-0.2, -0.15) is 0 Å². The summed E-state index contributed by atoms with van der Waals surface area (Å²) in [7, 11) is 0. The first-order chi connectivity index (χ1) is 17.0. The molecule has 3 heterocycles. The van der Waals surface area contributed by atoms with Gasteiger partial charge in [-0.1, -0.05) is 11.6 Å². The average Bonchev–Trinajstić information content (AvgIpc) is 3.38. The highest BCUT2D eigenvalue weighted by molar-refractivity contribution is 6.30. The predicted molar refractivity (Wildman–Crippen MR) is 131 cm³/mol. The molecule has 0 radical (unpaired) electrons. The molecule has 5 rings (SSSR count). The molecular weight excluding hydrogens is 490 g/mol. The van der Waals surface area contributed by atoms with Crippen molar-refractivity contribution < 1.29 is 22.7 Å². The van der Waals surface area contributed by atoms with Gasteiger partial charge in [0.25, 0.3) is 5.56 Å². The molecule has 0 unspecified atom stereocenters. The van der Waals surface area contributed by atoms with E-state index in [0.717, 1.165) is 23.3 Å². The SMILES string of the molecule is Cc1cc(Cl)cc(C)c1-n1cc(-c2nc([C@@H]3COC(C)(C)O3)oc2-c2ccc(F)cc2F)ccc1=O. The number of halogens is 3. The van der Waals surface area contributed by atoms with E-state index in [0.29, 0.717) is 16.3 Å². The van der Waals surface area contributed by atoms with Gasteiger partial charge in [0.15, 0.2) is 17.7 Å². The molecule has 0 aliphatic carbocycles. The minimum Gasteiger partial charge on any atom is -0.437 e. The Hall–Kier alpha value is -3.33. The molecule has 36 heavy (non-hydrogen) atoms. The van der Waals surface area contributed by atoms with Gasteiger partial charge in [0, 0.05) is 28.9 Å². The van der Waals surface area contributed by atoms with Crippen molar-refractivity contribution in [3.8, 4) is 28.3 Å². The zero-order valence-electron chi connectivity index (χ0n) is 20.1. The van der Waals surface area contributed by atoms with Gasteiger partial charge in [0.1, 0.15) is 17.3 Å². The molecule has 1 atom stereocenters. The number of benzene rings is 2. The molecule has 1 saturated heterocycles. The lowest BCUT2D eigenvalue weighted by molar-refractivity contribution is -0.141. The molecule has 4 aromatic rings. The largest absolute Gasteiger partial charge is 0.437 e. The van der Waals surface area contributed by atoms with Crippen molar-refractivity contribution in [1.82, 2.24) is 9.55 Å². The number of oxazole rings is 1. The Labute approximate surface area is 211 Å². The number of aryl methyl sites for hydroxylation is 2. The van der Waals surface area contributed by atoms with Crippen LogP contribution in [0.25, 0.3) is 28.3 Å². The first-order valence-corrected chi connectivity index (χ1v) is 11.7. The van der Waals surface area contributed by atoms with E-state index in [9.17, 15) is 13.6 Å². The van der Waals surface area contributed by atoms with Gasteiger partial charge in [0.2, 0.25) is 5.89 Å². The standard InChI is InChI=1S/C27H23ClF2N2O4/c1-14-9-17(28)10-15(2)24(14)32-12-16(5-8-22(32)33)23-25(19-7-6-18(29)11-20(19)30)35-26(31-23)21-13-34-27(3,4)36-21/h5-12,21H,13H2,1-4H3/t21-/m0/s1. The Balaban J connectivity index is 1.70. The Bertz CT molecular complexity index is 1520. The van der Waals surface area contributed by atoms with Gasteiger partial charge in [-0.05, 0) is 69.2 Å². The summed E-state index contributed by atoms with van der Waals surface area (Å²) in [6, 6.07) is 9.75. The Morgan fingerprint density at radius 1 is 1.08 bits per heavy atom. The highest BCUT2D eigenvalue weighted by atomic mass is 35.5. The minimum atomic E-state index is -0.836. The van der Waals surface area contributed by atoms with Crippen LogP contribution in [0.1, 0.15) is 37.0 Å². The number of hydrogen-bond acceptors (Lipinski definition) is 5. The van der Waals surface area contributed by atoms with Gasteiger partial charge in [0.05, 0.1) is 17.9 Å². The third-order valence-corrected chi connectivity index (χ3v) is 6.20. The van der Waals surface area contributed by atoms with Gasteiger partial charge >= 0.3 is 0 Å². The van der Waals surface area contributed by atoms with Crippen LogP contribution in [0.3, 0.4) is 0 Å². The molecule has 6 nitrogen and oxygen atoms in total. The fourth-order valence-electron chi connectivity index (χ4n) is 4.42. The van der Waals surface area contributed by atoms with Gasteiger partial charge in [-0.3, -0.25) is 9.36 Å². The van der Waals surface area contributed by atoms with Crippen molar-refractivity contribution in [2.45, 2.75) is 39.6 Å². The zero-order valence-corrected chi connectivity index (χ0v) is 20.8. The predicted octanol–water partition coefficient (Wildman–Crippen LogP) is 6.53. The fraction of sp³-hybridized carbons (Fsp3) is 0.259. The van der Waals surface area contributed by atoms with E-state index in [1.54, 1.807) is 38.2 Å². The highest BCUT2D eigenvalue weighted by Gasteiger charge is 2.37. The monoisotopic (exact) mass is 512 g/mol. The topological polar surface area (TPSA) is 66.5 Å². The van der Waals surface area contributed by atoms with E-state index in [1.165, 1.54) is 16.7 Å². The van der Waals surface area contributed by atoms with Crippen LogP contribution in [-0.2, 0) is 9.47 Å². The van der Waals surface area contributed by atoms with E-state index in [4.69, 9.17) is 25.5 Å². The normalized spacial score (nSPS) is 17.0. The molecule has 186 valence electrons. The zero-order chi connectivity index (χ0) is 25.8. The lowest BCUT2D eigenvalue weighted by Gasteiger charge is -2.15. The summed E-state index contributed by atoms with van der Waals surface area (Å²) in [6.45, 7) is 7.45. The van der Waals surface area contributed by atoms with Crippen molar-refractivity contribution in [3.63, 3.8) is 0 Å². The van der Waals surface area contributed by atoms with Gasteiger partial charge in [-0.15, -0.1) is 0 Å². The summed E-state index contributed by atoms with van der Waals surface area (Å²) in [5.41, 5.74) is 2.84. The van der Waals surface area contributed by atoms with Crippen LogP contribution in [0, 0.1) is 25.5 Å². The molecule has 1 fully saturated rings. The van der Waals surface area contributed by atoms with Crippen LogP contribution in [0.2, 0.25) is 5.02 Å². The van der Waals surface area contributed by atoms with Crippen molar-refractivity contribution >= 4 is 11.6 Å². The summed E-state index contributed by atoms with van der Waals surface area (Å²) in [5, 5.41) is 0.565. The maximum Gasteiger partial charge on any atom is 0.255 e. The van der Waals surface area contributed by atoms with E-state index < -0.39 is 23.5 Å². The van der Waals surface area contributed by atoms with Crippen LogP contribution in [0.4, 0.5) is 8.78 Å². The molecule has 0 spiro atoms. The van der Waals surface area contributed by atoms with Crippen LogP contribution < -0.4 is 5.56 Å². The smallest absolute Gasteiger partial charge is 0.255 e. The Kier molecular flexibility index (Phi) is 6.06. The Morgan fingerprint density at radius 3 is 2.44 bits per heavy atom. The Morgan fingerprint density at radius 2 is 1.81 bits per heavy atom. The van der Waals surface area contributed by atoms with Crippen LogP contribution in [0.15, 0.2) is 57.9 Å². The van der Waals surface area contributed by atoms with E-state index in [2.05, 4.69) is 4.98 Å². The van der Waals surface area contributed by atoms with E-state index in [-0.39, 0.29) is 35.1 Å². The number of hydrogen-bond donors (Lipinski definition) is 0. The summed E-state index contributed by atoms with van der Waals surface area (Å²) in [4.78, 5) is 17.5. The first kappa shape index (κ1) is 24.4. The third-order valence-electron chi connectivity index (χ3n) is 5.98. The summed E-state index contributed by atoms with van der Waals surface area (Å²) in [5.74, 6) is -2.08. The molecule has 2 aromatic heterocycles. The second-order valence-corrected chi connectivity index (χ2v) is 9.62. The number of pyridine rings is 1. The third kappa shape index (κ3) is 4.48. The molecule has 2 aromatic carbocycles. The van der Waals surface area contributed by atoms with E-state index >= 15 is 0 Å². The van der Waals surface area contributed by atoms with Gasteiger partial charge < -0.3 is 13.9 Å². The van der Waals surface area contributed by atoms with Crippen LogP contribution in [0.5, 0.6) is 0 Å². The maximum atomic E-state index is 14.8. The first-order valence-electron chi connectivity index (χ1n) is 11.3. The van der Waals surface area contributed by atoms with Crippen molar-refractivity contribution in [2.24, 2.45) is 0 Å². The molecule has 9 heteroatoms. The maximum absolute atomic E-state index is 14.8. The minimum absolute atomic E-state index is 0.0277. The molecule has 1 aliphatic heterocycles. The average molecular weight is 513 g/mol. The number of aromatic nitrogens is 2. The molecule has 0 saturated carbocycles. The quantitative estimate of drug-likeness (QED) is 0.311. The highest BCUT2D eigenvalue weighted by Crippen LogP contribution is 2.39. The van der Waals surface area contributed by atoms with Crippen LogP contribution in [-0.4, -0.2) is 21.9 Å². The molecular formula is C27H23ClF2N2O4. The molecule has 0 N–H and O–H groups in total. The summed E-state index contributed by atoms with van der Waals surface area (Å²) in [6.07, 6.45) is 0.997. The van der Waals surface area contributed by atoms with Crippen LogP contribution >= 0.6 is 11.6 Å². The van der Waals surface area contributed by atoms with Gasteiger partial charge in [-0.25, -0.2) is 13.8 Å². The lowest BCUT2D eigenvalue weighted by Crippen LogP contribution is -2.19. The molecule has 1 aliphatic rings. The molecule has 0 amide bonds.